The van der Waals surface area contributed by atoms with Crippen molar-refractivity contribution in [1.82, 2.24) is 5.32 Å². The number of halogens is 1. The Morgan fingerprint density at radius 3 is 2.60 bits per heavy atom. The van der Waals surface area contributed by atoms with Gasteiger partial charge in [-0.3, -0.25) is 0 Å². The van der Waals surface area contributed by atoms with E-state index in [9.17, 15) is 4.39 Å². The molecule has 2 aromatic carbocycles. The molecule has 1 unspecified atom stereocenters. The topological polar surface area (TPSA) is 12.0 Å². The van der Waals surface area contributed by atoms with Gasteiger partial charge in [-0.1, -0.05) is 50.1 Å². The van der Waals surface area contributed by atoms with Gasteiger partial charge in [-0.25, -0.2) is 4.39 Å². The summed E-state index contributed by atoms with van der Waals surface area (Å²) in [6.07, 6.45) is 5.00. The van der Waals surface area contributed by atoms with E-state index in [2.05, 4.69) is 12.2 Å². The molecule has 2 aromatic rings. The molecule has 0 saturated heterocycles. The van der Waals surface area contributed by atoms with Crippen LogP contribution in [0.25, 0.3) is 10.8 Å². The van der Waals surface area contributed by atoms with Crippen molar-refractivity contribution in [3.63, 3.8) is 0 Å². The second-order valence-corrected chi connectivity index (χ2v) is 5.87. The number of hydrogen-bond acceptors (Lipinski definition) is 1. The SMILES string of the molecule is CCCNC(CC1CC1)c1ccc(F)c2ccccc12. The quantitative estimate of drug-likeness (QED) is 0.794. The van der Waals surface area contributed by atoms with Gasteiger partial charge in [0, 0.05) is 11.4 Å². The van der Waals surface area contributed by atoms with Crippen molar-refractivity contribution in [3.8, 4) is 0 Å². The van der Waals surface area contributed by atoms with Crippen LogP contribution in [0.2, 0.25) is 0 Å². The summed E-state index contributed by atoms with van der Waals surface area (Å²) < 4.78 is 13.9. The first-order valence-corrected chi connectivity index (χ1v) is 7.70. The third-order valence-corrected chi connectivity index (χ3v) is 4.19. The summed E-state index contributed by atoms with van der Waals surface area (Å²) in [4.78, 5) is 0. The Morgan fingerprint density at radius 2 is 1.90 bits per heavy atom. The summed E-state index contributed by atoms with van der Waals surface area (Å²) >= 11 is 0. The highest BCUT2D eigenvalue weighted by Gasteiger charge is 2.27. The minimum atomic E-state index is -0.120. The molecule has 1 nitrogen and oxygen atoms in total. The highest BCUT2D eigenvalue weighted by atomic mass is 19.1. The molecule has 3 rings (SSSR count). The van der Waals surface area contributed by atoms with E-state index < -0.39 is 0 Å². The zero-order valence-electron chi connectivity index (χ0n) is 12.0. The highest BCUT2D eigenvalue weighted by Crippen LogP contribution is 2.39. The number of fused-ring (bicyclic) bond motifs is 1. The zero-order valence-corrected chi connectivity index (χ0v) is 12.0. The standard InChI is InChI=1S/C18H22FN/c1-2-11-20-18(12-13-7-8-13)16-9-10-17(19)15-6-4-3-5-14(15)16/h3-6,9-10,13,18,20H,2,7-8,11-12H2,1H3. The Hall–Kier alpha value is -1.41. The lowest BCUT2D eigenvalue weighted by Crippen LogP contribution is -2.23. The first kappa shape index (κ1) is 13.6. The molecule has 1 atom stereocenters. The fourth-order valence-corrected chi connectivity index (χ4v) is 2.92. The predicted octanol–water partition coefficient (Wildman–Crippen LogP) is 4.82. The van der Waals surface area contributed by atoms with E-state index in [4.69, 9.17) is 0 Å². The van der Waals surface area contributed by atoms with Crippen molar-refractivity contribution < 1.29 is 4.39 Å². The van der Waals surface area contributed by atoms with Crippen molar-refractivity contribution in [2.75, 3.05) is 6.54 Å². The monoisotopic (exact) mass is 271 g/mol. The molecule has 0 radical (unpaired) electrons. The summed E-state index contributed by atoms with van der Waals surface area (Å²) in [6.45, 7) is 3.20. The maximum absolute atomic E-state index is 13.9. The van der Waals surface area contributed by atoms with Gasteiger partial charge in [0.15, 0.2) is 0 Å². The van der Waals surface area contributed by atoms with E-state index >= 15 is 0 Å². The highest BCUT2D eigenvalue weighted by molar-refractivity contribution is 5.86. The van der Waals surface area contributed by atoms with Crippen molar-refractivity contribution >= 4 is 10.8 Å². The van der Waals surface area contributed by atoms with Crippen LogP contribution in [-0.2, 0) is 0 Å². The molecular formula is C18H22FN. The molecule has 0 amide bonds. The number of rotatable bonds is 6. The van der Waals surface area contributed by atoms with Gasteiger partial charge in [-0.05, 0) is 42.3 Å². The third-order valence-electron chi connectivity index (χ3n) is 4.19. The van der Waals surface area contributed by atoms with Crippen LogP contribution >= 0.6 is 0 Å². The molecule has 0 aromatic heterocycles. The Kier molecular flexibility index (Phi) is 4.02. The first-order valence-electron chi connectivity index (χ1n) is 7.70. The van der Waals surface area contributed by atoms with Crippen molar-refractivity contribution in [1.29, 1.82) is 0 Å². The van der Waals surface area contributed by atoms with E-state index in [1.54, 1.807) is 6.07 Å². The molecule has 1 aliphatic rings. The summed E-state index contributed by atoms with van der Waals surface area (Å²) in [5.41, 5.74) is 1.25. The van der Waals surface area contributed by atoms with Gasteiger partial charge < -0.3 is 5.32 Å². The molecule has 1 saturated carbocycles. The molecule has 2 heteroatoms. The van der Waals surface area contributed by atoms with E-state index in [0.29, 0.717) is 6.04 Å². The number of hydrogen-bond donors (Lipinski definition) is 1. The smallest absolute Gasteiger partial charge is 0.131 e. The Morgan fingerprint density at radius 1 is 1.15 bits per heavy atom. The predicted molar refractivity (Wildman–Crippen MR) is 82.3 cm³/mol. The van der Waals surface area contributed by atoms with E-state index in [-0.39, 0.29) is 5.82 Å². The van der Waals surface area contributed by atoms with Gasteiger partial charge in [0.25, 0.3) is 0 Å². The zero-order chi connectivity index (χ0) is 13.9. The number of benzene rings is 2. The first-order chi connectivity index (χ1) is 9.79. The van der Waals surface area contributed by atoms with Gasteiger partial charge in [-0.2, -0.15) is 0 Å². The average molecular weight is 271 g/mol. The minimum absolute atomic E-state index is 0.120. The largest absolute Gasteiger partial charge is 0.310 e. The molecule has 1 N–H and O–H groups in total. The average Bonchev–Trinajstić information content (AvgIpc) is 3.28. The fourth-order valence-electron chi connectivity index (χ4n) is 2.92. The normalized spacial score (nSPS) is 16.5. The fraction of sp³-hybridized carbons (Fsp3) is 0.444. The lowest BCUT2D eigenvalue weighted by Gasteiger charge is -2.21. The summed E-state index contributed by atoms with van der Waals surface area (Å²) in [5, 5.41) is 5.44. The minimum Gasteiger partial charge on any atom is -0.310 e. The summed E-state index contributed by atoms with van der Waals surface area (Å²) in [7, 11) is 0. The van der Waals surface area contributed by atoms with Gasteiger partial charge in [-0.15, -0.1) is 0 Å². The number of nitrogens with one attached hydrogen (secondary N) is 1. The molecule has 0 bridgehead atoms. The van der Waals surface area contributed by atoms with Gasteiger partial charge in [0.05, 0.1) is 0 Å². The van der Waals surface area contributed by atoms with Crippen molar-refractivity contribution in [3.05, 3.63) is 47.8 Å². The van der Waals surface area contributed by atoms with Crippen LogP contribution in [0.15, 0.2) is 36.4 Å². The Labute approximate surface area is 120 Å². The van der Waals surface area contributed by atoms with E-state index in [1.807, 2.05) is 30.3 Å². The van der Waals surface area contributed by atoms with Crippen molar-refractivity contribution in [2.24, 2.45) is 5.92 Å². The van der Waals surface area contributed by atoms with Crippen LogP contribution in [0.3, 0.4) is 0 Å². The molecule has 20 heavy (non-hydrogen) atoms. The van der Waals surface area contributed by atoms with Crippen LogP contribution in [-0.4, -0.2) is 6.54 Å². The molecule has 0 spiro atoms. The van der Waals surface area contributed by atoms with Crippen molar-refractivity contribution in [2.45, 2.75) is 38.6 Å². The van der Waals surface area contributed by atoms with Gasteiger partial charge in [0.1, 0.15) is 5.82 Å². The maximum Gasteiger partial charge on any atom is 0.131 e. The van der Waals surface area contributed by atoms with Gasteiger partial charge in [0.2, 0.25) is 0 Å². The Bertz CT molecular complexity index is 589. The van der Waals surface area contributed by atoms with Crippen LogP contribution in [0.5, 0.6) is 0 Å². The second kappa shape index (κ2) is 5.92. The van der Waals surface area contributed by atoms with Crippen LogP contribution in [0.1, 0.15) is 44.2 Å². The third kappa shape index (κ3) is 2.85. The second-order valence-electron chi connectivity index (χ2n) is 5.87. The molecule has 0 aliphatic heterocycles. The van der Waals surface area contributed by atoms with Crippen LogP contribution in [0, 0.1) is 11.7 Å². The lowest BCUT2D eigenvalue weighted by molar-refractivity contribution is 0.476. The van der Waals surface area contributed by atoms with Gasteiger partial charge >= 0.3 is 0 Å². The Balaban J connectivity index is 1.98. The molecule has 0 heterocycles. The summed E-state index contributed by atoms with van der Waals surface area (Å²) in [6, 6.07) is 11.8. The van der Waals surface area contributed by atoms with E-state index in [0.717, 1.165) is 29.7 Å². The molecule has 1 fully saturated rings. The van der Waals surface area contributed by atoms with Crippen LogP contribution in [0.4, 0.5) is 4.39 Å². The molecular weight excluding hydrogens is 249 g/mol. The van der Waals surface area contributed by atoms with Crippen LogP contribution < -0.4 is 5.32 Å². The van der Waals surface area contributed by atoms with E-state index in [1.165, 1.54) is 24.8 Å². The molecule has 106 valence electrons. The maximum atomic E-state index is 13.9. The molecule has 1 aliphatic carbocycles. The summed E-state index contributed by atoms with van der Waals surface area (Å²) in [5.74, 6) is 0.734. The lowest BCUT2D eigenvalue weighted by atomic mass is 9.95.